The van der Waals surface area contributed by atoms with E-state index < -0.39 is 20.8 Å². The fraction of sp³-hybridized carbons (Fsp3) is 0. The van der Waals surface area contributed by atoms with Gasteiger partial charge in [0.2, 0.25) is 0 Å². The monoisotopic (exact) mass is 342 g/mol. The topological polar surface area (TPSA) is 149 Å². The van der Waals surface area contributed by atoms with E-state index in [2.05, 4.69) is 23.3 Å². The maximum atomic E-state index is 8.74. The molecule has 0 rings (SSSR count). The summed E-state index contributed by atoms with van der Waals surface area (Å²) in [4.78, 5) is 0. The SMILES string of the molecule is O=S(=O)(O)O.O=S(=O)(O)O.SS.[KH].[KH]. The molecule has 0 aliphatic heterocycles. The van der Waals surface area contributed by atoms with Crippen molar-refractivity contribution in [1.82, 2.24) is 0 Å². The zero-order valence-electron chi connectivity index (χ0n) is 5.13. The summed E-state index contributed by atoms with van der Waals surface area (Å²) in [5, 5.41) is 0. The average Bonchev–Trinajstić information content (AvgIpc) is 1.59. The van der Waals surface area contributed by atoms with E-state index in [1.807, 2.05) is 0 Å². The summed E-state index contributed by atoms with van der Waals surface area (Å²) in [6.45, 7) is 0. The second-order valence-corrected chi connectivity index (χ2v) is 2.69. The fourth-order valence-corrected chi connectivity index (χ4v) is 0. The van der Waals surface area contributed by atoms with Crippen molar-refractivity contribution in [3.05, 3.63) is 0 Å². The summed E-state index contributed by atoms with van der Waals surface area (Å²) in [5.41, 5.74) is 0. The van der Waals surface area contributed by atoms with Gasteiger partial charge in [-0.1, -0.05) is 0 Å². The van der Waals surface area contributed by atoms with Gasteiger partial charge in [-0.05, 0) is 0 Å². The number of thiol groups is 2. The molecule has 14 heavy (non-hydrogen) atoms. The molecule has 4 N–H and O–H groups in total. The Balaban J connectivity index is -0.0000000292. The van der Waals surface area contributed by atoms with Crippen LogP contribution < -0.4 is 0 Å². The molecule has 0 aliphatic carbocycles. The maximum absolute atomic E-state index is 8.74. The summed E-state index contributed by atoms with van der Waals surface area (Å²) in [6.07, 6.45) is 0. The first-order chi connectivity index (χ1) is 5.00. The van der Waals surface area contributed by atoms with Gasteiger partial charge in [0, 0.05) is 0 Å². The first-order valence-electron chi connectivity index (χ1n) is 1.60. The van der Waals surface area contributed by atoms with E-state index in [-0.39, 0.29) is 103 Å². The summed E-state index contributed by atoms with van der Waals surface area (Å²) < 4.78 is 63.2. The third kappa shape index (κ3) is 247. The molecule has 0 aromatic rings. The van der Waals surface area contributed by atoms with Gasteiger partial charge < -0.3 is 0 Å². The minimum atomic E-state index is -4.67. The van der Waals surface area contributed by atoms with E-state index in [1.165, 1.54) is 0 Å². The molecule has 0 spiro atoms. The van der Waals surface area contributed by atoms with Crippen molar-refractivity contribution >= 4 is 147 Å². The standard InChI is InChI=1S/2K.2H2O4S.H2S2.2H/c;;2*1-5(2,3)4;1-2;;/h;;2*(H2,1,2,3,4);1-2H;;. The van der Waals surface area contributed by atoms with Crippen LogP contribution in [0.1, 0.15) is 0 Å². The van der Waals surface area contributed by atoms with Crippen molar-refractivity contribution in [2.24, 2.45) is 0 Å². The second-order valence-electron chi connectivity index (χ2n) is 0.896. The van der Waals surface area contributed by atoms with Crippen LogP contribution in [-0.2, 0) is 20.8 Å². The van der Waals surface area contributed by atoms with Crippen molar-refractivity contribution in [3.63, 3.8) is 0 Å². The number of rotatable bonds is 0. The van der Waals surface area contributed by atoms with Gasteiger partial charge >= 0.3 is 124 Å². The van der Waals surface area contributed by atoms with Crippen LogP contribution in [0.15, 0.2) is 0 Å². The van der Waals surface area contributed by atoms with Crippen LogP contribution in [0.4, 0.5) is 0 Å². The van der Waals surface area contributed by atoms with E-state index in [4.69, 9.17) is 35.0 Å². The Labute approximate surface area is 177 Å². The molecule has 0 heterocycles. The van der Waals surface area contributed by atoms with Crippen LogP contribution in [-0.4, -0.2) is 138 Å². The Morgan fingerprint density at radius 3 is 0.643 bits per heavy atom. The molecule has 0 fully saturated rings. The first kappa shape index (κ1) is 30.6. The number of hydrogen-bond acceptors (Lipinski definition) is 6. The van der Waals surface area contributed by atoms with Crippen molar-refractivity contribution in [2.75, 3.05) is 0 Å². The van der Waals surface area contributed by atoms with Crippen LogP contribution in [0.25, 0.3) is 0 Å². The summed E-state index contributed by atoms with van der Waals surface area (Å²) in [7, 11) is -9.33. The Bertz CT molecular complexity index is 216. The number of hydrogen-bond donors (Lipinski definition) is 6. The molecule has 0 atom stereocenters. The van der Waals surface area contributed by atoms with Gasteiger partial charge in [0.15, 0.2) is 0 Å². The molecule has 14 heteroatoms. The van der Waals surface area contributed by atoms with Crippen molar-refractivity contribution in [2.45, 2.75) is 0 Å². The van der Waals surface area contributed by atoms with Crippen LogP contribution in [0.2, 0.25) is 0 Å². The first-order valence-corrected chi connectivity index (χ1v) is 5.99. The van der Waals surface area contributed by atoms with Gasteiger partial charge in [0.05, 0.1) is 0 Å². The molecule has 8 nitrogen and oxygen atoms in total. The normalized spacial score (nSPS) is 8.71. The Morgan fingerprint density at radius 2 is 0.643 bits per heavy atom. The van der Waals surface area contributed by atoms with Crippen LogP contribution in [0.3, 0.4) is 0 Å². The zero-order valence-corrected chi connectivity index (χ0v) is 8.55. The van der Waals surface area contributed by atoms with Gasteiger partial charge in [-0.2, -0.15) is 16.8 Å². The van der Waals surface area contributed by atoms with Gasteiger partial charge in [-0.25, -0.2) is 0 Å². The van der Waals surface area contributed by atoms with Crippen molar-refractivity contribution in [3.8, 4) is 0 Å². The third-order valence-corrected chi connectivity index (χ3v) is 0. The van der Waals surface area contributed by atoms with Crippen LogP contribution in [0.5, 0.6) is 0 Å². The molecule has 0 saturated heterocycles. The molecule has 0 aromatic carbocycles. The molecule has 0 aliphatic rings. The second kappa shape index (κ2) is 16.7. The molecule has 0 aromatic heterocycles. The van der Waals surface area contributed by atoms with E-state index >= 15 is 0 Å². The van der Waals surface area contributed by atoms with Gasteiger partial charge in [-0.15, -0.1) is 23.3 Å². The summed E-state index contributed by atoms with van der Waals surface area (Å²) in [6, 6.07) is 0. The van der Waals surface area contributed by atoms with E-state index in [0.29, 0.717) is 0 Å². The van der Waals surface area contributed by atoms with E-state index in [0.717, 1.165) is 0 Å². The molecular formula is H8K2O8S4. The Morgan fingerprint density at radius 1 is 0.643 bits per heavy atom. The summed E-state index contributed by atoms with van der Waals surface area (Å²) >= 11 is 6.44. The molecule has 0 unspecified atom stereocenters. The Hall–Kier alpha value is 3.71. The Kier molecular flexibility index (Phi) is 36.5. The quantitative estimate of drug-likeness (QED) is 0.130. The fourth-order valence-electron chi connectivity index (χ4n) is 0. The van der Waals surface area contributed by atoms with Gasteiger partial charge in [0.1, 0.15) is 0 Å². The van der Waals surface area contributed by atoms with E-state index in [1.54, 1.807) is 0 Å². The summed E-state index contributed by atoms with van der Waals surface area (Å²) in [5.74, 6) is 0. The third-order valence-electron chi connectivity index (χ3n) is 0. The van der Waals surface area contributed by atoms with Crippen LogP contribution >= 0.6 is 23.3 Å². The van der Waals surface area contributed by atoms with Crippen molar-refractivity contribution in [1.29, 1.82) is 0 Å². The molecule has 0 amide bonds. The zero-order chi connectivity index (χ0) is 11.0. The predicted octanol–water partition coefficient (Wildman–Crippen LogP) is -1.84. The predicted molar refractivity (Wildman–Crippen MR) is 60.6 cm³/mol. The molecule has 82 valence electrons. The average molecular weight is 343 g/mol. The molecular weight excluding hydrogens is 334 g/mol. The van der Waals surface area contributed by atoms with Crippen LogP contribution in [0, 0.1) is 0 Å². The molecule has 0 saturated carbocycles. The van der Waals surface area contributed by atoms with Gasteiger partial charge in [-0.3, -0.25) is 18.2 Å². The minimum absolute atomic E-state index is 0. The molecule has 0 radical (unpaired) electrons. The van der Waals surface area contributed by atoms with Crippen molar-refractivity contribution < 1.29 is 35.0 Å². The van der Waals surface area contributed by atoms with E-state index in [9.17, 15) is 0 Å². The van der Waals surface area contributed by atoms with Gasteiger partial charge in [0.25, 0.3) is 0 Å². The molecule has 0 bridgehead atoms.